The number of fused-ring (bicyclic) bond motifs is 1. The van der Waals surface area contributed by atoms with Gasteiger partial charge in [-0.05, 0) is 55.8 Å². The van der Waals surface area contributed by atoms with Crippen LogP contribution >= 0.6 is 0 Å². The van der Waals surface area contributed by atoms with E-state index < -0.39 is 0 Å². The number of hydrogen-bond acceptors (Lipinski definition) is 5. The number of amides is 1. The van der Waals surface area contributed by atoms with Gasteiger partial charge in [0, 0.05) is 51.4 Å². The Labute approximate surface area is 182 Å². The molecule has 0 aliphatic carbocycles. The van der Waals surface area contributed by atoms with Crippen LogP contribution in [0.5, 0.6) is 0 Å². The van der Waals surface area contributed by atoms with Gasteiger partial charge in [-0.15, -0.1) is 0 Å². The Bertz CT molecular complexity index is 1100. The minimum absolute atomic E-state index is 0.214. The summed E-state index contributed by atoms with van der Waals surface area (Å²) in [5.74, 6) is 0.692. The molecule has 1 amide bonds. The van der Waals surface area contributed by atoms with Crippen molar-refractivity contribution in [3.05, 3.63) is 48.0 Å². The molecular formula is C24H28N4O3. The van der Waals surface area contributed by atoms with Gasteiger partial charge in [0.15, 0.2) is 0 Å². The predicted octanol–water partition coefficient (Wildman–Crippen LogP) is 3.57. The van der Waals surface area contributed by atoms with Gasteiger partial charge in [-0.1, -0.05) is 0 Å². The molecule has 1 aliphatic rings. The maximum absolute atomic E-state index is 12.2. The second-order valence-corrected chi connectivity index (χ2v) is 7.94. The SMILES string of the molecule is CCOC(=O)c1ccc2c(c1)nc(-c1ccc(N(C)C)cc1)n2CCN1CCCC1=O. The molecule has 0 unspecified atom stereocenters. The summed E-state index contributed by atoms with van der Waals surface area (Å²) in [4.78, 5) is 33.1. The molecule has 162 valence electrons. The van der Waals surface area contributed by atoms with Gasteiger partial charge in [0.25, 0.3) is 0 Å². The zero-order chi connectivity index (χ0) is 22.0. The summed E-state index contributed by atoms with van der Waals surface area (Å²) < 4.78 is 7.28. The molecule has 3 aromatic rings. The number of anilines is 1. The van der Waals surface area contributed by atoms with Crippen LogP contribution in [-0.4, -0.2) is 60.1 Å². The second-order valence-electron chi connectivity index (χ2n) is 7.94. The van der Waals surface area contributed by atoms with E-state index in [-0.39, 0.29) is 11.9 Å². The van der Waals surface area contributed by atoms with Gasteiger partial charge < -0.3 is 19.1 Å². The number of nitrogens with zero attached hydrogens (tertiary/aromatic N) is 4. The quantitative estimate of drug-likeness (QED) is 0.547. The molecule has 0 spiro atoms. The number of esters is 1. The van der Waals surface area contributed by atoms with Crippen LogP contribution in [-0.2, 0) is 16.1 Å². The van der Waals surface area contributed by atoms with Crippen molar-refractivity contribution in [1.82, 2.24) is 14.5 Å². The highest BCUT2D eigenvalue weighted by Crippen LogP contribution is 2.28. The third-order valence-electron chi connectivity index (χ3n) is 5.67. The average molecular weight is 421 g/mol. The van der Waals surface area contributed by atoms with E-state index in [0.29, 0.717) is 31.7 Å². The molecule has 7 heteroatoms. The summed E-state index contributed by atoms with van der Waals surface area (Å²) in [6, 6.07) is 13.7. The monoisotopic (exact) mass is 420 g/mol. The number of carbonyl (C=O) groups is 2. The summed E-state index contributed by atoms with van der Waals surface area (Å²) in [6.45, 7) is 4.22. The minimum atomic E-state index is -0.349. The summed E-state index contributed by atoms with van der Waals surface area (Å²) in [6.07, 6.45) is 1.55. The maximum Gasteiger partial charge on any atom is 0.338 e. The van der Waals surface area contributed by atoms with E-state index in [1.165, 1.54) is 0 Å². The van der Waals surface area contributed by atoms with Crippen LogP contribution in [0.25, 0.3) is 22.4 Å². The Balaban J connectivity index is 1.73. The molecule has 0 atom stereocenters. The maximum atomic E-state index is 12.2. The molecule has 31 heavy (non-hydrogen) atoms. The van der Waals surface area contributed by atoms with E-state index in [0.717, 1.165) is 41.1 Å². The minimum Gasteiger partial charge on any atom is -0.462 e. The topological polar surface area (TPSA) is 67.7 Å². The molecule has 2 heterocycles. The number of aromatic nitrogens is 2. The Morgan fingerprint density at radius 1 is 1.13 bits per heavy atom. The zero-order valence-corrected chi connectivity index (χ0v) is 18.3. The van der Waals surface area contributed by atoms with Gasteiger partial charge in [-0.25, -0.2) is 9.78 Å². The molecule has 4 rings (SSSR count). The molecule has 1 aliphatic heterocycles. The smallest absolute Gasteiger partial charge is 0.338 e. The molecule has 0 bridgehead atoms. The number of rotatable bonds is 7. The first-order valence-corrected chi connectivity index (χ1v) is 10.7. The largest absolute Gasteiger partial charge is 0.462 e. The van der Waals surface area contributed by atoms with Crippen molar-refractivity contribution in [2.24, 2.45) is 0 Å². The molecule has 0 saturated carbocycles. The fourth-order valence-corrected chi connectivity index (χ4v) is 3.99. The Hall–Kier alpha value is -3.35. The summed E-state index contributed by atoms with van der Waals surface area (Å²) in [7, 11) is 4.02. The van der Waals surface area contributed by atoms with E-state index in [2.05, 4.69) is 33.7 Å². The van der Waals surface area contributed by atoms with E-state index in [4.69, 9.17) is 9.72 Å². The first kappa shape index (κ1) is 20.9. The highest BCUT2D eigenvalue weighted by atomic mass is 16.5. The number of ether oxygens (including phenoxy) is 1. The van der Waals surface area contributed by atoms with Crippen LogP contribution in [0.4, 0.5) is 5.69 Å². The summed E-state index contributed by atoms with van der Waals surface area (Å²) >= 11 is 0. The van der Waals surface area contributed by atoms with E-state index >= 15 is 0 Å². The third-order valence-corrected chi connectivity index (χ3v) is 5.67. The number of benzene rings is 2. The lowest BCUT2D eigenvalue weighted by Gasteiger charge is -2.18. The lowest BCUT2D eigenvalue weighted by atomic mass is 10.2. The summed E-state index contributed by atoms with van der Waals surface area (Å²) in [5, 5.41) is 0. The van der Waals surface area contributed by atoms with Crippen LogP contribution in [0, 0.1) is 0 Å². The highest BCUT2D eigenvalue weighted by Gasteiger charge is 2.21. The fraction of sp³-hybridized carbons (Fsp3) is 0.375. The number of hydrogen-bond donors (Lipinski definition) is 0. The van der Waals surface area contributed by atoms with E-state index in [9.17, 15) is 9.59 Å². The first-order chi connectivity index (χ1) is 15.0. The van der Waals surface area contributed by atoms with Crippen LogP contribution in [0.2, 0.25) is 0 Å². The first-order valence-electron chi connectivity index (χ1n) is 10.7. The van der Waals surface area contributed by atoms with Gasteiger partial charge in [0.2, 0.25) is 5.91 Å². The Kier molecular flexibility index (Phi) is 5.93. The molecule has 1 saturated heterocycles. The highest BCUT2D eigenvalue weighted by molar-refractivity contribution is 5.94. The normalized spacial score (nSPS) is 13.8. The van der Waals surface area contributed by atoms with Crippen LogP contribution < -0.4 is 4.90 Å². The van der Waals surface area contributed by atoms with Crippen molar-refractivity contribution in [2.45, 2.75) is 26.3 Å². The standard InChI is InChI=1S/C24H28N4O3/c1-4-31-24(30)18-9-12-21-20(16-18)25-23(17-7-10-19(11-8-17)26(2)3)28(21)15-14-27-13-5-6-22(27)29/h7-12,16H,4-6,13-15H2,1-3H3. The lowest BCUT2D eigenvalue weighted by Crippen LogP contribution is -2.28. The van der Waals surface area contributed by atoms with E-state index in [1.807, 2.05) is 25.1 Å². The van der Waals surface area contributed by atoms with Crippen LogP contribution in [0.1, 0.15) is 30.1 Å². The number of likely N-dealkylation sites (tertiary alicyclic amines) is 1. The molecule has 0 N–H and O–H groups in total. The molecule has 7 nitrogen and oxygen atoms in total. The number of imidazole rings is 1. The van der Waals surface area contributed by atoms with Crippen molar-refractivity contribution in [2.75, 3.05) is 38.7 Å². The Morgan fingerprint density at radius 3 is 2.55 bits per heavy atom. The zero-order valence-electron chi connectivity index (χ0n) is 18.3. The van der Waals surface area contributed by atoms with Crippen molar-refractivity contribution >= 4 is 28.6 Å². The van der Waals surface area contributed by atoms with Crippen molar-refractivity contribution in [1.29, 1.82) is 0 Å². The Morgan fingerprint density at radius 2 is 1.90 bits per heavy atom. The van der Waals surface area contributed by atoms with Gasteiger partial charge in [-0.2, -0.15) is 0 Å². The molecule has 1 fully saturated rings. The second kappa shape index (κ2) is 8.79. The van der Waals surface area contributed by atoms with Gasteiger partial charge >= 0.3 is 5.97 Å². The molecule has 0 radical (unpaired) electrons. The lowest BCUT2D eigenvalue weighted by molar-refractivity contribution is -0.127. The van der Waals surface area contributed by atoms with Crippen molar-refractivity contribution < 1.29 is 14.3 Å². The van der Waals surface area contributed by atoms with Crippen molar-refractivity contribution in [3.8, 4) is 11.4 Å². The van der Waals surface area contributed by atoms with Crippen LogP contribution in [0.15, 0.2) is 42.5 Å². The molecular weight excluding hydrogens is 392 g/mol. The third kappa shape index (κ3) is 4.26. The van der Waals surface area contributed by atoms with E-state index in [1.54, 1.807) is 19.1 Å². The molecule has 1 aromatic heterocycles. The van der Waals surface area contributed by atoms with Crippen molar-refractivity contribution in [3.63, 3.8) is 0 Å². The van der Waals surface area contributed by atoms with Gasteiger partial charge in [-0.3, -0.25) is 4.79 Å². The van der Waals surface area contributed by atoms with Gasteiger partial charge in [0.05, 0.1) is 23.2 Å². The molecule has 2 aromatic carbocycles. The fourth-order valence-electron chi connectivity index (χ4n) is 3.99. The number of carbonyl (C=O) groups excluding carboxylic acids is 2. The summed E-state index contributed by atoms with van der Waals surface area (Å²) in [5.41, 5.74) is 4.27. The average Bonchev–Trinajstić information content (AvgIpc) is 3.34. The van der Waals surface area contributed by atoms with Gasteiger partial charge in [0.1, 0.15) is 5.82 Å². The predicted molar refractivity (Wildman–Crippen MR) is 121 cm³/mol. The van der Waals surface area contributed by atoms with Crippen LogP contribution in [0.3, 0.4) is 0 Å².